The van der Waals surface area contributed by atoms with Crippen LogP contribution in [0.15, 0.2) is 18.2 Å². The molecule has 0 atom stereocenters. The van der Waals surface area contributed by atoms with Crippen LogP contribution < -0.4 is 14.8 Å². The van der Waals surface area contributed by atoms with Crippen LogP contribution in [-0.2, 0) is 14.8 Å². The predicted octanol–water partition coefficient (Wildman–Crippen LogP) is 3.61. The molecule has 0 bridgehead atoms. The molecule has 6 nitrogen and oxygen atoms in total. The van der Waals surface area contributed by atoms with Crippen molar-refractivity contribution in [2.24, 2.45) is 11.8 Å². The van der Waals surface area contributed by atoms with Crippen LogP contribution in [-0.4, -0.2) is 32.2 Å². The van der Waals surface area contributed by atoms with Crippen molar-refractivity contribution in [1.82, 2.24) is 4.72 Å². The molecule has 0 aliphatic heterocycles. The number of carbonyl (C=O) groups is 1. The molecule has 2 aliphatic rings. The molecule has 1 aromatic rings. The van der Waals surface area contributed by atoms with Crippen molar-refractivity contribution >= 4 is 21.6 Å². The monoisotopic (exact) mass is 408 g/mol. The normalized spacial score (nSPS) is 22.9. The second-order valence-electron chi connectivity index (χ2n) is 8.48. The van der Waals surface area contributed by atoms with E-state index in [-0.39, 0.29) is 17.9 Å². The van der Waals surface area contributed by atoms with E-state index in [4.69, 9.17) is 4.74 Å². The van der Waals surface area contributed by atoms with E-state index in [0.29, 0.717) is 31.6 Å². The molecule has 2 aliphatic carbocycles. The number of nitrogens with one attached hydrogen (secondary N) is 2. The van der Waals surface area contributed by atoms with Gasteiger partial charge in [-0.1, -0.05) is 0 Å². The molecule has 0 aromatic heterocycles. The summed E-state index contributed by atoms with van der Waals surface area (Å²) in [5.41, 5.74) is 1.80. The summed E-state index contributed by atoms with van der Waals surface area (Å²) < 4.78 is 32.6. The molecule has 2 saturated carbocycles. The third-order valence-corrected chi connectivity index (χ3v) is 7.59. The van der Waals surface area contributed by atoms with Crippen molar-refractivity contribution in [1.29, 1.82) is 0 Å². The Hall–Kier alpha value is -1.60. The zero-order chi connectivity index (χ0) is 20.3. The molecule has 28 heavy (non-hydrogen) atoms. The second-order valence-corrected chi connectivity index (χ2v) is 10.7. The Balaban J connectivity index is 1.48. The molecule has 1 amide bonds. The number of carbonyl (C=O) groups excluding carboxylic acids is 1. The molecule has 0 unspecified atom stereocenters. The molecule has 0 radical (unpaired) electrons. The van der Waals surface area contributed by atoms with Gasteiger partial charge in [0.2, 0.25) is 15.9 Å². The number of benzene rings is 1. The van der Waals surface area contributed by atoms with E-state index in [0.717, 1.165) is 23.6 Å². The summed E-state index contributed by atoms with van der Waals surface area (Å²) >= 11 is 0. The number of sulfonamides is 1. The first-order valence-electron chi connectivity index (χ1n) is 10.3. The fourth-order valence-corrected chi connectivity index (χ4v) is 4.41. The minimum atomic E-state index is -3.26. The maximum Gasteiger partial charge on any atom is 0.227 e. The Kier molecular flexibility index (Phi) is 6.65. The molecule has 156 valence electrons. The Morgan fingerprint density at radius 1 is 1.14 bits per heavy atom. The van der Waals surface area contributed by atoms with Gasteiger partial charge in [0.1, 0.15) is 5.75 Å². The fourth-order valence-electron chi connectivity index (χ4n) is 3.44. The molecular weight excluding hydrogens is 376 g/mol. The molecule has 0 heterocycles. The smallest absolute Gasteiger partial charge is 0.227 e. The van der Waals surface area contributed by atoms with Crippen LogP contribution >= 0.6 is 0 Å². The summed E-state index contributed by atoms with van der Waals surface area (Å²) in [6.45, 7) is 6.09. The molecular formula is C21H32N2O4S. The van der Waals surface area contributed by atoms with Crippen molar-refractivity contribution in [3.8, 4) is 5.75 Å². The second kappa shape index (κ2) is 8.82. The van der Waals surface area contributed by atoms with Gasteiger partial charge in [-0.3, -0.25) is 4.79 Å². The minimum Gasteiger partial charge on any atom is -0.493 e. The average Bonchev–Trinajstić information content (AvgIpc) is 3.46. The molecule has 2 N–H and O–H groups in total. The number of hydrogen-bond donors (Lipinski definition) is 2. The first kappa shape index (κ1) is 21.1. The Labute approximate surface area is 168 Å². The zero-order valence-electron chi connectivity index (χ0n) is 17.0. The summed E-state index contributed by atoms with van der Waals surface area (Å²) in [6, 6.07) is 5.71. The molecule has 7 heteroatoms. The van der Waals surface area contributed by atoms with Gasteiger partial charge < -0.3 is 10.1 Å². The number of ether oxygens (including phenoxy) is 1. The highest BCUT2D eigenvalue weighted by Gasteiger charge is 2.29. The molecule has 1 aromatic carbocycles. The van der Waals surface area contributed by atoms with E-state index < -0.39 is 15.3 Å². The number of hydrogen-bond acceptors (Lipinski definition) is 4. The molecule has 0 spiro atoms. The summed E-state index contributed by atoms with van der Waals surface area (Å²) in [4.78, 5) is 12.6. The van der Waals surface area contributed by atoms with Crippen molar-refractivity contribution in [3.63, 3.8) is 0 Å². The van der Waals surface area contributed by atoms with Gasteiger partial charge in [0.25, 0.3) is 0 Å². The molecule has 0 saturated heterocycles. The lowest BCUT2D eigenvalue weighted by molar-refractivity contribution is -0.120. The van der Waals surface area contributed by atoms with E-state index in [2.05, 4.69) is 10.0 Å². The van der Waals surface area contributed by atoms with Gasteiger partial charge in [-0.15, -0.1) is 0 Å². The fraction of sp³-hybridized carbons (Fsp3) is 0.667. The summed E-state index contributed by atoms with van der Waals surface area (Å²) in [5, 5.41) is 2.60. The van der Waals surface area contributed by atoms with Gasteiger partial charge in [0.05, 0.1) is 11.9 Å². The van der Waals surface area contributed by atoms with E-state index >= 15 is 0 Å². The lowest BCUT2D eigenvalue weighted by Gasteiger charge is -2.29. The summed E-state index contributed by atoms with van der Waals surface area (Å²) in [6.07, 6.45) is 5.29. The third kappa shape index (κ3) is 5.70. The van der Waals surface area contributed by atoms with Crippen LogP contribution in [0, 0.1) is 18.8 Å². The summed E-state index contributed by atoms with van der Waals surface area (Å²) in [7, 11) is -3.26. The SMILES string of the molecule is Cc1cc(OCC2CC2)ccc1NC(=O)C1CCC(NS(=O)(=O)C(C)C)CC1. The van der Waals surface area contributed by atoms with Crippen LogP contribution in [0.25, 0.3) is 0 Å². The van der Waals surface area contributed by atoms with Gasteiger partial charge in [0, 0.05) is 17.6 Å². The first-order valence-corrected chi connectivity index (χ1v) is 11.8. The van der Waals surface area contributed by atoms with E-state index in [1.165, 1.54) is 12.8 Å². The van der Waals surface area contributed by atoms with Crippen molar-refractivity contribution in [2.75, 3.05) is 11.9 Å². The lowest BCUT2D eigenvalue weighted by Crippen LogP contribution is -2.42. The maximum absolute atomic E-state index is 12.6. The van der Waals surface area contributed by atoms with Crippen LogP contribution in [0.4, 0.5) is 5.69 Å². The average molecular weight is 409 g/mol. The van der Waals surface area contributed by atoms with Gasteiger partial charge in [-0.05, 0) is 89.0 Å². The van der Waals surface area contributed by atoms with Gasteiger partial charge in [-0.25, -0.2) is 13.1 Å². The number of rotatable bonds is 8. The molecule has 2 fully saturated rings. The van der Waals surface area contributed by atoms with E-state index in [1.807, 2.05) is 25.1 Å². The van der Waals surface area contributed by atoms with Crippen LogP contribution in [0.1, 0.15) is 57.9 Å². The van der Waals surface area contributed by atoms with Gasteiger partial charge in [0.15, 0.2) is 0 Å². The van der Waals surface area contributed by atoms with Crippen molar-refractivity contribution in [2.45, 2.75) is 70.6 Å². The largest absolute Gasteiger partial charge is 0.493 e. The van der Waals surface area contributed by atoms with Gasteiger partial charge >= 0.3 is 0 Å². The van der Waals surface area contributed by atoms with Crippen molar-refractivity contribution in [3.05, 3.63) is 23.8 Å². The number of aryl methyl sites for hydroxylation is 1. The highest BCUT2D eigenvalue weighted by molar-refractivity contribution is 7.90. The zero-order valence-corrected chi connectivity index (χ0v) is 17.8. The topological polar surface area (TPSA) is 84.5 Å². The number of anilines is 1. The Morgan fingerprint density at radius 3 is 2.39 bits per heavy atom. The Morgan fingerprint density at radius 2 is 1.82 bits per heavy atom. The minimum absolute atomic E-state index is 0.0138. The first-order chi connectivity index (χ1) is 13.2. The maximum atomic E-state index is 12.6. The summed E-state index contributed by atoms with van der Waals surface area (Å²) in [5.74, 6) is 1.49. The van der Waals surface area contributed by atoms with Crippen LogP contribution in [0.5, 0.6) is 5.75 Å². The standard InChI is InChI=1S/C21H32N2O4S/c1-14(2)28(25,26)23-18-8-6-17(7-9-18)21(24)22-20-11-10-19(12-15(20)3)27-13-16-4-5-16/h10-12,14,16-18,23H,4-9,13H2,1-3H3,(H,22,24). The number of amides is 1. The Bertz CT molecular complexity index is 795. The van der Waals surface area contributed by atoms with E-state index in [9.17, 15) is 13.2 Å². The lowest BCUT2D eigenvalue weighted by atomic mass is 9.86. The third-order valence-electron chi connectivity index (χ3n) is 5.69. The van der Waals surface area contributed by atoms with E-state index in [1.54, 1.807) is 13.8 Å². The van der Waals surface area contributed by atoms with Crippen LogP contribution in [0.2, 0.25) is 0 Å². The predicted molar refractivity (Wildman–Crippen MR) is 111 cm³/mol. The van der Waals surface area contributed by atoms with Gasteiger partial charge in [-0.2, -0.15) is 0 Å². The highest BCUT2D eigenvalue weighted by atomic mass is 32.2. The highest BCUT2D eigenvalue weighted by Crippen LogP contribution is 2.31. The quantitative estimate of drug-likeness (QED) is 0.688. The molecule has 3 rings (SSSR count). The van der Waals surface area contributed by atoms with Crippen molar-refractivity contribution < 1.29 is 17.9 Å². The van der Waals surface area contributed by atoms with Crippen LogP contribution in [0.3, 0.4) is 0 Å².